The van der Waals surface area contributed by atoms with Crippen molar-refractivity contribution in [2.24, 2.45) is 0 Å². The summed E-state index contributed by atoms with van der Waals surface area (Å²) in [6.45, 7) is 2.70. The van der Waals surface area contributed by atoms with Crippen LogP contribution in [0.3, 0.4) is 0 Å². The lowest BCUT2D eigenvalue weighted by atomic mass is 10.0. The minimum absolute atomic E-state index is 0.0486. The predicted molar refractivity (Wildman–Crippen MR) is 122 cm³/mol. The van der Waals surface area contributed by atoms with Gasteiger partial charge in [-0.05, 0) is 31.4 Å². The molecule has 0 radical (unpaired) electrons. The quantitative estimate of drug-likeness (QED) is 0.454. The maximum atomic E-state index is 14.9. The largest absolute Gasteiger partial charge is 0.243 e. The van der Waals surface area contributed by atoms with Crippen LogP contribution >= 0.6 is 23.3 Å². The molecule has 158 valence electrons. The number of sulfone groups is 1. The van der Waals surface area contributed by atoms with E-state index in [1.165, 1.54) is 11.6 Å². The number of halogens is 1. The van der Waals surface area contributed by atoms with E-state index >= 15 is 0 Å². The molecule has 1 aliphatic heterocycles. The smallest absolute Gasteiger partial charge is 0.209 e. The fourth-order valence-electron chi connectivity index (χ4n) is 3.51. The molecule has 1 aliphatic rings. The van der Waals surface area contributed by atoms with Gasteiger partial charge in [-0.1, -0.05) is 54.4 Å². The number of hydrogen-bond donors (Lipinski definition) is 0. The zero-order valence-corrected chi connectivity index (χ0v) is 19.2. The van der Waals surface area contributed by atoms with E-state index < -0.39 is 9.84 Å². The zero-order valence-electron chi connectivity index (χ0n) is 16.8. The third-order valence-corrected chi connectivity index (χ3v) is 9.33. The van der Waals surface area contributed by atoms with Crippen LogP contribution in [0.1, 0.15) is 36.1 Å². The van der Waals surface area contributed by atoms with Crippen LogP contribution in [-0.2, 0) is 16.4 Å². The second-order valence-electron chi connectivity index (χ2n) is 7.58. The molecule has 1 unspecified atom stereocenters. The summed E-state index contributed by atoms with van der Waals surface area (Å²) in [6, 6.07) is 15.9. The average Bonchev–Trinajstić information content (AvgIpc) is 3.22. The fraction of sp³-hybridized carbons (Fsp3) is 0.318. The minimum Gasteiger partial charge on any atom is -0.243 e. The van der Waals surface area contributed by atoms with E-state index in [4.69, 9.17) is 0 Å². The molecule has 2 atom stereocenters. The molecule has 30 heavy (non-hydrogen) atoms. The van der Waals surface area contributed by atoms with Crippen molar-refractivity contribution in [3.05, 3.63) is 70.9 Å². The van der Waals surface area contributed by atoms with Crippen molar-refractivity contribution in [2.75, 3.05) is 6.26 Å². The lowest BCUT2D eigenvalue weighted by Gasteiger charge is -2.37. The van der Waals surface area contributed by atoms with E-state index in [-0.39, 0.29) is 10.2 Å². The highest BCUT2D eigenvalue weighted by Crippen LogP contribution is 2.43. The maximum Gasteiger partial charge on any atom is 0.209 e. The number of aromatic nitrogens is 1. The predicted octanol–water partition coefficient (Wildman–Crippen LogP) is 5.73. The molecule has 0 saturated carbocycles. The van der Waals surface area contributed by atoms with Crippen LogP contribution in [0.4, 0.5) is 4.39 Å². The molecule has 0 amide bonds. The highest BCUT2D eigenvalue weighted by molar-refractivity contribution is 7.97. The van der Waals surface area contributed by atoms with Crippen molar-refractivity contribution in [1.29, 1.82) is 0 Å². The highest BCUT2D eigenvalue weighted by Gasteiger charge is 2.28. The van der Waals surface area contributed by atoms with Crippen molar-refractivity contribution in [3.63, 3.8) is 0 Å². The first kappa shape index (κ1) is 21.5. The number of nitrogens with zero attached hydrogens (tertiary/aromatic N) is 2. The van der Waals surface area contributed by atoms with E-state index in [2.05, 4.69) is 40.5 Å². The summed E-state index contributed by atoms with van der Waals surface area (Å²) in [5.41, 5.74) is 3.01. The molecule has 8 heteroatoms. The Bertz CT molecular complexity index is 1130. The van der Waals surface area contributed by atoms with E-state index in [9.17, 15) is 12.8 Å². The molecule has 2 heterocycles. The van der Waals surface area contributed by atoms with Gasteiger partial charge in [-0.25, -0.2) is 22.1 Å². The Morgan fingerprint density at radius 2 is 1.93 bits per heavy atom. The van der Waals surface area contributed by atoms with Crippen LogP contribution in [-0.4, -0.2) is 30.0 Å². The van der Waals surface area contributed by atoms with E-state index in [1.807, 2.05) is 12.1 Å². The van der Waals surface area contributed by atoms with E-state index in [0.29, 0.717) is 34.7 Å². The van der Waals surface area contributed by atoms with E-state index in [1.54, 1.807) is 23.4 Å². The summed E-state index contributed by atoms with van der Waals surface area (Å²) in [6.07, 6.45) is 3.30. The van der Waals surface area contributed by atoms with Gasteiger partial charge in [0, 0.05) is 40.6 Å². The Hall–Kier alpha value is -1.74. The molecule has 4 rings (SSSR count). The molecule has 4 nitrogen and oxygen atoms in total. The Balaban J connectivity index is 1.51. The van der Waals surface area contributed by atoms with Crippen LogP contribution in [0, 0.1) is 5.82 Å². The van der Waals surface area contributed by atoms with Gasteiger partial charge in [0.25, 0.3) is 0 Å². The Morgan fingerprint density at radius 3 is 2.60 bits per heavy atom. The summed E-state index contributed by atoms with van der Waals surface area (Å²) >= 11 is 2.85. The van der Waals surface area contributed by atoms with Gasteiger partial charge in [0.15, 0.2) is 0 Å². The number of rotatable bonds is 5. The van der Waals surface area contributed by atoms with Gasteiger partial charge >= 0.3 is 0 Å². The zero-order chi connectivity index (χ0) is 21.3. The minimum atomic E-state index is -3.36. The lowest BCUT2D eigenvalue weighted by Crippen LogP contribution is -2.31. The molecule has 0 bridgehead atoms. The molecule has 1 aromatic heterocycles. The molecule has 0 spiro atoms. The van der Waals surface area contributed by atoms with Gasteiger partial charge in [-0.2, -0.15) is 0 Å². The first-order chi connectivity index (χ1) is 14.3. The summed E-state index contributed by atoms with van der Waals surface area (Å²) in [5.74, 6) is -0.295. The molecule has 0 aliphatic carbocycles. The third-order valence-electron chi connectivity index (χ3n) is 5.25. The van der Waals surface area contributed by atoms with Crippen molar-refractivity contribution < 1.29 is 12.8 Å². The Morgan fingerprint density at radius 1 is 1.17 bits per heavy atom. The van der Waals surface area contributed by atoms with Crippen molar-refractivity contribution in [2.45, 2.75) is 41.9 Å². The first-order valence-corrected chi connectivity index (χ1v) is 13.3. The lowest BCUT2D eigenvalue weighted by molar-refractivity contribution is 0.317. The highest BCUT2D eigenvalue weighted by atomic mass is 32.2. The average molecular weight is 463 g/mol. The van der Waals surface area contributed by atoms with Gasteiger partial charge in [0.05, 0.1) is 5.69 Å². The van der Waals surface area contributed by atoms with Gasteiger partial charge in [0.1, 0.15) is 5.82 Å². The van der Waals surface area contributed by atoms with Crippen LogP contribution in [0.5, 0.6) is 0 Å². The van der Waals surface area contributed by atoms with Gasteiger partial charge < -0.3 is 0 Å². The molecule has 2 aromatic carbocycles. The number of thiazole rings is 1. The van der Waals surface area contributed by atoms with Crippen molar-refractivity contribution >= 4 is 33.1 Å². The van der Waals surface area contributed by atoms with Crippen molar-refractivity contribution in [3.8, 4) is 11.3 Å². The molecular formula is C22H23FN2O2S3. The molecule has 1 saturated heterocycles. The summed E-state index contributed by atoms with van der Waals surface area (Å²) < 4.78 is 40.5. The normalized spacial score (nSPS) is 20.4. The maximum absolute atomic E-state index is 14.9. The number of benzene rings is 2. The van der Waals surface area contributed by atoms with Gasteiger partial charge in [-0.3, -0.25) is 0 Å². The van der Waals surface area contributed by atoms with Gasteiger partial charge in [-0.15, -0.1) is 11.3 Å². The summed E-state index contributed by atoms with van der Waals surface area (Å²) in [5, 5.41) is 2.03. The monoisotopic (exact) mass is 462 g/mol. The van der Waals surface area contributed by atoms with Crippen LogP contribution in [0.15, 0.2) is 58.3 Å². The van der Waals surface area contributed by atoms with Crippen LogP contribution in [0.2, 0.25) is 0 Å². The van der Waals surface area contributed by atoms with Gasteiger partial charge in [0.2, 0.25) is 14.2 Å². The second-order valence-corrected chi connectivity index (χ2v) is 11.9. The summed E-state index contributed by atoms with van der Waals surface area (Å²) in [7, 11) is -3.36. The van der Waals surface area contributed by atoms with Crippen LogP contribution < -0.4 is 0 Å². The molecule has 0 N–H and O–H groups in total. The van der Waals surface area contributed by atoms with Crippen LogP contribution in [0.25, 0.3) is 11.3 Å². The fourth-order valence-corrected chi connectivity index (χ4v) is 6.54. The topological polar surface area (TPSA) is 50.3 Å². The Kier molecular flexibility index (Phi) is 6.29. The second kappa shape index (κ2) is 8.78. The SMILES string of the molecule is C[C@H]1CCC(c2ccccc2)SN1Cc1ccc(-c2csc(S(C)(=O)=O)n2)cc1F. The standard InChI is InChI=1S/C22H23FN2O2S3/c1-15-8-11-21(16-6-4-3-5-7-16)29-25(15)13-18-10-9-17(12-19(18)23)20-14-28-22(24-20)30(2,26)27/h3-7,9-10,12,14-15,21H,8,11,13H2,1-2H3/t15-,21?/m0/s1. The summed E-state index contributed by atoms with van der Waals surface area (Å²) in [4.78, 5) is 4.14. The molecule has 1 fully saturated rings. The van der Waals surface area contributed by atoms with E-state index in [0.717, 1.165) is 30.4 Å². The Labute approximate surface area is 185 Å². The third kappa shape index (κ3) is 4.77. The molecule has 3 aromatic rings. The number of hydrogen-bond acceptors (Lipinski definition) is 6. The first-order valence-electron chi connectivity index (χ1n) is 9.74. The van der Waals surface area contributed by atoms with Crippen molar-refractivity contribution in [1.82, 2.24) is 9.29 Å². The molecular weight excluding hydrogens is 439 g/mol.